The third-order valence-corrected chi connectivity index (χ3v) is 7.72. The number of aliphatic hydroxyl groups is 3. The van der Waals surface area contributed by atoms with Gasteiger partial charge in [-0.15, -0.1) is 0 Å². The highest BCUT2D eigenvalue weighted by Crippen LogP contribution is 2.46. The van der Waals surface area contributed by atoms with Crippen LogP contribution in [0.1, 0.15) is 10.4 Å². The van der Waals surface area contributed by atoms with Crippen LogP contribution in [-0.2, 0) is 9.47 Å². The van der Waals surface area contributed by atoms with Gasteiger partial charge in [-0.3, -0.25) is 0 Å². The number of benzene rings is 3. The number of esters is 1. The van der Waals surface area contributed by atoms with Crippen molar-refractivity contribution in [2.75, 3.05) is 27.9 Å². The number of carbonyl (C=O) groups is 1. The Morgan fingerprint density at radius 1 is 0.787 bits per heavy atom. The Labute approximate surface area is 261 Å². The van der Waals surface area contributed by atoms with E-state index >= 15 is 0 Å². The number of phenols is 3. The highest BCUT2D eigenvalue weighted by molar-refractivity contribution is 6.22. The molecule has 0 aliphatic carbocycles. The van der Waals surface area contributed by atoms with E-state index in [1.807, 2.05) is 0 Å². The molecule has 17 nitrogen and oxygen atoms in total. The van der Waals surface area contributed by atoms with E-state index < -0.39 is 77.3 Å². The summed E-state index contributed by atoms with van der Waals surface area (Å²) in [7, 11) is 3.85. The van der Waals surface area contributed by atoms with E-state index in [0.29, 0.717) is 0 Å². The van der Waals surface area contributed by atoms with Crippen molar-refractivity contribution in [3.8, 4) is 40.2 Å². The first-order chi connectivity index (χ1) is 22.4. The van der Waals surface area contributed by atoms with Crippen molar-refractivity contribution in [1.82, 2.24) is 0 Å². The van der Waals surface area contributed by atoms with Crippen LogP contribution >= 0.6 is 0 Å². The number of ether oxygens (including phenoxy) is 6. The van der Waals surface area contributed by atoms with Crippen LogP contribution in [0.2, 0.25) is 0 Å². The summed E-state index contributed by atoms with van der Waals surface area (Å²) in [6.45, 7) is -0.843. The summed E-state index contributed by atoms with van der Waals surface area (Å²) in [6.07, 6.45) is -8.95. The maximum atomic E-state index is 13.3. The Morgan fingerprint density at radius 3 is 1.83 bits per heavy atom. The van der Waals surface area contributed by atoms with E-state index in [1.165, 1.54) is 33.5 Å². The molecule has 248 valence electrons. The van der Waals surface area contributed by atoms with E-state index in [4.69, 9.17) is 37.3 Å². The second-order valence-electron chi connectivity index (χ2n) is 10.4. The second kappa shape index (κ2) is 11.7. The Morgan fingerprint density at radius 2 is 1.32 bits per heavy atom. The fourth-order valence-corrected chi connectivity index (χ4v) is 5.50. The highest BCUT2D eigenvalue weighted by Gasteiger charge is 2.48. The Kier molecular flexibility index (Phi) is 7.84. The summed E-state index contributed by atoms with van der Waals surface area (Å²) < 4.78 is 44.0. The van der Waals surface area contributed by atoms with Gasteiger partial charge in [-0.25, -0.2) is 14.4 Å². The summed E-state index contributed by atoms with van der Waals surface area (Å²) in [5.74, 6) is -4.28. The lowest BCUT2D eigenvalue weighted by molar-refractivity contribution is -0.277. The molecule has 5 atom stereocenters. The van der Waals surface area contributed by atoms with Gasteiger partial charge in [0.05, 0.1) is 44.3 Å². The van der Waals surface area contributed by atoms with Crippen molar-refractivity contribution < 1.29 is 72.7 Å². The lowest BCUT2D eigenvalue weighted by Crippen LogP contribution is -2.61. The molecule has 0 radical (unpaired) electrons. The molecule has 1 fully saturated rings. The number of aromatic hydroxyl groups is 3. The average molecular weight is 659 g/mol. The number of aliphatic hydroxyl groups excluding tert-OH is 3. The standard InChI is InChI=1S/C30H26O17/c1-40-14-6-10-17-18-11(29(39)45-24(17)22(14)41-2)7-15(23(42-3)25(18)46-28(10)38)43-30-21(36)26(20(35)16(8-31)44-30)47-27(37)9-4-12(32)19(34)13(33)5-9/h4-7,16,20-21,26,30-36H,8H2,1-3H3. The first kappa shape index (κ1) is 31.5. The van der Waals surface area contributed by atoms with E-state index in [-0.39, 0.29) is 55.7 Å². The molecule has 6 rings (SSSR count). The van der Waals surface area contributed by atoms with Crippen LogP contribution in [0.15, 0.2) is 42.7 Å². The molecular weight excluding hydrogens is 632 g/mol. The third-order valence-electron chi connectivity index (χ3n) is 7.72. The Balaban J connectivity index is 1.44. The largest absolute Gasteiger partial charge is 0.504 e. The predicted molar refractivity (Wildman–Crippen MR) is 156 cm³/mol. The van der Waals surface area contributed by atoms with Crippen LogP contribution in [-0.4, -0.2) is 95.3 Å². The quantitative estimate of drug-likeness (QED) is 0.0580. The second-order valence-corrected chi connectivity index (χ2v) is 10.4. The molecule has 0 amide bonds. The molecule has 1 saturated heterocycles. The number of phenolic OH excluding ortho intramolecular Hbond substituents is 3. The molecule has 0 bridgehead atoms. The molecule has 3 aromatic carbocycles. The fourth-order valence-electron chi connectivity index (χ4n) is 5.50. The minimum atomic E-state index is -1.98. The summed E-state index contributed by atoms with van der Waals surface area (Å²) in [5.41, 5.74) is -2.60. The van der Waals surface area contributed by atoms with Gasteiger partial charge >= 0.3 is 17.2 Å². The van der Waals surface area contributed by atoms with Gasteiger partial charge in [0, 0.05) is 10.8 Å². The SMILES string of the molecule is COc1cc2c(=O)oc3c(OC)c(OC4OC(CO)C(O)C(OC(=O)c5cc(O)c(O)c(O)c5)C4O)cc4c(=O)oc(c1OC)c2c34. The minimum absolute atomic E-state index is 0.000330. The average Bonchev–Trinajstić information content (AvgIpc) is 3.05. The fraction of sp³-hybridized carbons (Fsp3) is 0.300. The Bertz CT molecular complexity index is 2110. The topological polar surface area (TPSA) is 254 Å². The van der Waals surface area contributed by atoms with Crippen LogP contribution in [0.4, 0.5) is 0 Å². The maximum Gasteiger partial charge on any atom is 0.344 e. The maximum absolute atomic E-state index is 13.3. The number of methoxy groups -OCH3 is 3. The zero-order valence-corrected chi connectivity index (χ0v) is 24.6. The van der Waals surface area contributed by atoms with E-state index in [2.05, 4.69) is 0 Å². The molecule has 1 aliphatic rings. The minimum Gasteiger partial charge on any atom is -0.504 e. The van der Waals surface area contributed by atoms with Crippen molar-refractivity contribution in [3.05, 3.63) is 50.7 Å². The molecular formula is C30H26O17. The monoisotopic (exact) mass is 658 g/mol. The molecule has 17 heteroatoms. The van der Waals surface area contributed by atoms with Crippen molar-refractivity contribution in [3.63, 3.8) is 0 Å². The van der Waals surface area contributed by atoms with Gasteiger partial charge in [0.1, 0.15) is 12.2 Å². The Hall–Kier alpha value is -5.49. The number of rotatable bonds is 8. The van der Waals surface area contributed by atoms with Crippen LogP contribution < -0.4 is 30.2 Å². The lowest BCUT2D eigenvalue weighted by Gasteiger charge is -2.41. The van der Waals surface area contributed by atoms with Crippen LogP contribution in [0.25, 0.3) is 32.7 Å². The molecule has 2 aromatic heterocycles. The molecule has 3 heterocycles. The van der Waals surface area contributed by atoms with Crippen LogP contribution in [0, 0.1) is 0 Å². The zero-order valence-electron chi connectivity index (χ0n) is 24.6. The van der Waals surface area contributed by atoms with Crippen molar-refractivity contribution >= 4 is 38.7 Å². The van der Waals surface area contributed by atoms with Crippen LogP contribution in [0.5, 0.6) is 40.2 Å². The number of hydrogen-bond acceptors (Lipinski definition) is 17. The predicted octanol–water partition coefficient (Wildman–Crippen LogP) is 0.676. The molecule has 1 aliphatic heterocycles. The van der Waals surface area contributed by atoms with Crippen molar-refractivity contribution in [2.45, 2.75) is 30.7 Å². The van der Waals surface area contributed by atoms with E-state index in [1.54, 1.807) is 0 Å². The summed E-state index contributed by atoms with van der Waals surface area (Å²) in [4.78, 5) is 39.3. The molecule has 5 unspecified atom stereocenters. The van der Waals surface area contributed by atoms with Gasteiger partial charge < -0.3 is 67.9 Å². The van der Waals surface area contributed by atoms with E-state index in [9.17, 15) is 45.0 Å². The summed E-state index contributed by atoms with van der Waals surface area (Å²) >= 11 is 0. The lowest BCUT2D eigenvalue weighted by atomic mass is 9.98. The van der Waals surface area contributed by atoms with Gasteiger partial charge in [0.25, 0.3) is 0 Å². The van der Waals surface area contributed by atoms with Crippen LogP contribution in [0.3, 0.4) is 0 Å². The summed E-state index contributed by atoms with van der Waals surface area (Å²) in [5, 5.41) is 61.0. The molecule has 6 N–H and O–H groups in total. The van der Waals surface area contributed by atoms with Crippen molar-refractivity contribution in [1.29, 1.82) is 0 Å². The molecule has 0 spiro atoms. The normalized spacial score (nSPS) is 21.3. The van der Waals surface area contributed by atoms with Gasteiger partial charge in [-0.05, 0) is 24.3 Å². The molecule has 47 heavy (non-hydrogen) atoms. The summed E-state index contributed by atoms with van der Waals surface area (Å²) in [6, 6.07) is 4.07. The zero-order chi connectivity index (χ0) is 33.9. The van der Waals surface area contributed by atoms with Crippen molar-refractivity contribution in [2.24, 2.45) is 0 Å². The molecule has 0 saturated carbocycles. The number of hydrogen-bond donors (Lipinski definition) is 6. The highest BCUT2D eigenvalue weighted by atomic mass is 16.7. The third kappa shape index (κ3) is 4.92. The van der Waals surface area contributed by atoms with Gasteiger partial charge in [-0.2, -0.15) is 0 Å². The number of carbonyl (C=O) groups excluding carboxylic acids is 1. The van der Waals surface area contributed by atoms with Gasteiger partial charge in [0.2, 0.25) is 17.8 Å². The molecule has 5 aromatic rings. The first-order valence-corrected chi connectivity index (χ1v) is 13.7. The first-order valence-electron chi connectivity index (χ1n) is 13.7. The van der Waals surface area contributed by atoms with E-state index in [0.717, 1.165) is 12.1 Å². The smallest absolute Gasteiger partial charge is 0.344 e. The van der Waals surface area contributed by atoms with Gasteiger partial charge in [-0.1, -0.05) is 0 Å². The van der Waals surface area contributed by atoms with Gasteiger partial charge in [0.15, 0.2) is 52.1 Å².